The van der Waals surface area contributed by atoms with E-state index < -0.39 is 35.4 Å². The summed E-state index contributed by atoms with van der Waals surface area (Å²) < 4.78 is 0. The number of oxime groups is 1. The van der Waals surface area contributed by atoms with Gasteiger partial charge in [0.15, 0.2) is 16.8 Å². The number of amides is 2. The molecule has 0 spiro atoms. The van der Waals surface area contributed by atoms with Gasteiger partial charge in [-0.1, -0.05) is 5.16 Å². The van der Waals surface area contributed by atoms with E-state index in [-0.39, 0.29) is 33.9 Å². The van der Waals surface area contributed by atoms with Gasteiger partial charge in [0.25, 0.3) is 11.8 Å². The molecule has 0 radical (unpaired) electrons. The number of nitrogens with two attached hydrogens (primary N) is 3. The van der Waals surface area contributed by atoms with Crippen molar-refractivity contribution in [1.29, 1.82) is 0 Å². The number of likely N-dealkylation sites (N-methyl/N-ethyl adjacent to an activating group) is 1. The van der Waals surface area contributed by atoms with Gasteiger partial charge in [-0.05, 0) is 11.6 Å². The van der Waals surface area contributed by atoms with Gasteiger partial charge in [0.05, 0.1) is 5.03 Å². The fourth-order valence-electron chi connectivity index (χ4n) is 3.58. The molecular formula is C19H23N9O5S3. The molecule has 36 heavy (non-hydrogen) atoms. The summed E-state index contributed by atoms with van der Waals surface area (Å²) >= 11 is 3.75. The maximum absolute atomic E-state index is 13.0. The molecule has 0 aromatic carbocycles. The van der Waals surface area contributed by atoms with Crippen molar-refractivity contribution in [2.75, 3.05) is 31.4 Å². The van der Waals surface area contributed by atoms with E-state index in [9.17, 15) is 19.5 Å². The van der Waals surface area contributed by atoms with Gasteiger partial charge < -0.3 is 37.4 Å². The zero-order valence-corrected chi connectivity index (χ0v) is 21.5. The maximum atomic E-state index is 13.0. The molecule has 1 aromatic rings. The Balaban J connectivity index is 1.48. The van der Waals surface area contributed by atoms with Crippen LogP contribution in [0.2, 0.25) is 0 Å². The van der Waals surface area contributed by atoms with Crippen molar-refractivity contribution in [2.45, 2.75) is 17.6 Å². The van der Waals surface area contributed by atoms with Crippen molar-refractivity contribution in [2.24, 2.45) is 21.6 Å². The highest BCUT2D eigenvalue weighted by atomic mass is 32.2. The zero-order chi connectivity index (χ0) is 26.1. The van der Waals surface area contributed by atoms with E-state index in [1.807, 2.05) is 0 Å². The van der Waals surface area contributed by atoms with Gasteiger partial charge in [0.2, 0.25) is 0 Å². The van der Waals surface area contributed by atoms with Crippen LogP contribution < -0.4 is 22.5 Å². The molecule has 1 saturated heterocycles. The number of rotatable bonds is 8. The lowest BCUT2D eigenvalue weighted by Gasteiger charge is -2.49. The number of carboxylic acid groups (broad SMARTS) is 1. The minimum Gasteiger partial charge on any atom is -0.477 e. The van der Waals surface area contributed by atoms with Crippen LogP contribution in [0.25, 0.3) is 0 Å². The van der Waals surface area contributed by atoms with Crippen molar-refractivity contribution in [3.8, 4) is 0 Å². The maximum Gasteiger partial charge on any atom is 0.352 e. The second-order valence-electron chi connectivity index (χ2n) is 7.68. The molecule has 1 fully saturated rings. The fraction of sp³-hybridized carbons (Fsp3) is 0.368. The SMILES string of the molecule is CO/N=C(\C(=O)N[C@@H]1C(=O)N2C(C(=O)O)=C(CSC3=CC(N)N(C)C(N)=N3)CS[C@H]12)c1csc(N)n1. The van der Waals surface area contributed by atoms with Crippen LogP contribution in [0.1, 0.15) is 5.69 Å². The lowest BCUT2D eigenvalue weighted by Crippen LogP contribution is -2.71. The molecule has 1 unspecified atom stereocenters. The summed E-state index contributed by atoms with van der Waals surface area (Å²) in [7, 11) is 2.99. The minimum atomic E-state index is -1.23. The van der Waals surface area contributed by atoms with Crippen LogP contribution in [-0.2, 0) is 19.2 Å². The molecule has 2 amide bonds. The number of aliphatic imine (C=N–C) groups is 1. The van der Waals surface area contributed by atoms with Crippen LogP contribution in [0.5, 0.6) is 0 Å². The number of carbonyl (C=O) groups excluding carboxylic acids is 2. The van der Waals surface area contributed by atoms with Crippen molar-refractivity contribution in [3.63, 3.8) is 0 Å². The number of nitrogens with one attached hydrogen (secondary N) is 1. The average molecular weight is 554 g/mol. The standard InChI is InChI=1S/C19H23N9O5S3/c1-27-9(20)3-10(24-18(27)21)34-4-7-5-35-16-12(15(30)28(16)13(7)17(31)32)25-14(29)11(26-33-2)8-6-36-19(22)23-8/h3,6,9,12,16H,4-5,20H2,1-2H3,(H2,21,24)(H2,22,23)(H,25,29)(H,31,32)/b26-11-/t9?,12-,16-/m1/s1. The molecule has 0 saturated carbocycles. The molecule has 3 atom stereocenters. The zero-order valence-electron chi connectivity index (χ0n) is 19.1. The second-order valence-corrected chi connectivity index (χ2v) is 10.7. The lowest BCUT2D eigenvalue weighted by atomic mass is 10.0. The van der Waals surface area contributed by atoms with E-state index in [0.717, 1.165) is 11.3 Å². The molecule has 14 nitrogen and oxygen atoms in total. The number of aliphatic carboxylic acids is 1. The van der Waals surface area contributed by atoms with E-state index in [4.69, 9.17) is 22.0 Å². The Labute approximate surface area is 217 Å². The number of hydrogen-bond acceptors (Lipinski definition) is 14. The van der Waals surface area contributed by atoms with E-state index >= 15 is 0 Å². The number of carbonyl (C=O) groups is 3. The first-order valence-corrected chi connectivity index (χ1v) is 13.2. The Morgan fingerprint density at radius 2 is 2.17 bits per heavy atom. The number of thioether (sulfide) groups is 2. The Kier molecular flexibility index (Phi) is 7.43. The summed E-state index contributed by atoms with van der Waals surface area (Å²) in [5.74, 6) is -1.59. The Morgan fingerprint density at radius 1 is 1.42 bits per heavy atom. The number of β-lactam (4-membered cyclic amide) rings is 1. The van der Waals surface area contributed by atoms with E-state index in [2.05, 4.69) is 20.4 Å². The van der Waals surface area contributed by atoms with Gasteiger partial charge in [0, 0.05) is 23.9 Å². The van der Waals surface area contributed by atoms with Crippen LogP contribution in [-0.4, -0.2) is 92.6 Å². The van der Waals surface area contributed by atoms with E-state index in [1.54, 1.807) is 18.0 Å². The normalized spacial score (nSPS) is 24.0. The molecule has 0 bridgehead atoms. The van der Waals surface area contributed by atoms with Crippen molar-refractivity contribution in [1.82, 2.24) is 20.1 Å². The molecule has 0 aliphatic carbocycles. The van der Waals surface area contributed by atoms with Gasteiger partial charge in [-0.2, -0.15) is 0 Å². The summed E-state index contributed by atoms with van der Waals surface area (Å²) in [6.45, 7) is 0. The molecule has 8 N–H and O–H groups in total. The van der Waals surface area contributed by atoms with Crippen molar-refractivity contribution < 1.29 is 24.3 Å². The predicted molar refractivity (Wildman–Crippen MR) is 138 cm³/mol. The number of guanidine groups is 1. The number of aromatic nitrogens is 1. The van der Waals surface area contributed by atoms with Crippen LogP contribution in [0.15, 0.2) is 37.9 Å². The molecule has 3 aliphatic heterocycles. The third-order valence-electron chi connectivity index (χ3n) is 5.44. The van der Waals surface area contributed by atoms with Crippen LogP contribution >= 0.6 is 34.9 Å². The van der Waals surface area contributed by atoms with Gasteiger partial charge in [0.1, 0.15) is 36.1 Å². The second kappa shape index (κ2) is 10.4. The molecule has 4 heterocycles. The van der Waals surface area contributed by atoms with Crippen molar-refractivity contribution >= 4 is 69.4 Å². The van der Waals surface area contributed by atoms with E-state index in [0.29, 0.717) is 16.4 Å². The van der Waals surface area contributed by atoms with Crippen LogP contribution in [0, 0.1) is 0 Å². The smallest absolute Gasteiger partial charge is 0.352 e. The highest BCUT2D eigenvalue weighted by Gasteiger charge is 2.54. The largest absolute Gasteiger partial charge is 0.477 e. The first-order chi connectivity index (χ1) is 17.1. The third kappa shape index (κ3) is 4.86. The van der Waals surface area contributed by atoms with Crippen LogP contribution in [0.3, 0.4) is 0 Å². The quantitative estimate of drug-likeness (QED) is 0.148. The molecule has 17 heteroatoms. The summed E-state index contributed by atoms with van der Waals surface area (Å²) in [6, 6.07) is -0.942. The number of anilines is 1. The molecular weight excluding hydrogens is 530 g/mol. The average Bonchev–Trinajstić information content (AvgIpc) is 3.27. The summed E-state index contributed by atoms with van der Waals surface area (Å²) in [5.41, 5.74) is 18.0. The Morgan fingerprint density at radius 3 is 2.78 bits per heavy atom. The van der Waals surface area contributed by atoms with Crippen molar-refractivity contribution in [3.05, 3.63) is 33.4 Å². The van der Waals surface area contributed by atoms with E-state index in [1.165, 1.54) is 40.9 Å². The number of fused-ring (bicyclic) bond motifs is 1. The first kappa shape index (κ1) is 25.8. The summed E-state index contributed by atoms with van der Waals surface area (Å²) in [5, 5.41) is 18.0. The fourth-order valence-corrected chi connectivity index (χ4v) is 6.55. The monoisotopic (exact) mass is 553 g/mol. The van der Waals surface area contributed by atoms with Gasteiger partial charge >= 0.3 is 5.97 Å². The predicted octanol–water partition coefficient (Wildman–Crippen LogP) is -1.07. The molecule has 4 rings (SSSR count). The van der Waals surface area contributed by atoms with Gasteiger partial charge in [-0.25, -0.2) is 14.8 Å². The topological polar surface area (TPSA) is 215 Å². The number of thiazole rings is 1. The molecule has 3 aliphatic rings. The third-order valence-corrected chi connectivity index (χ3v) is 8.47. The number of carboxylic acids is 1. The first-order valence-electron chi connectivity index (χ1n) is 10.3. The molecule has 192 valence electrons. The van der Waals surface area contributed by atoms with Crippen LogP contribution in [0.4, 0.5) is 5.13 Å². The van der Waals surface area contributed by atoms with Gasteiger partial charge in [-0.3, -0.25) is 14.5 Å². The molecule has 1 aromatic heterocycles. The number of hydrogen-bond donors (Lipinski definition) is 5. The highest BCUT2D eigenvalue weighted by Crippen LogP contribution is 2.41. The van der Waals surface area contributed by atoms with Gasteiger partial charge in [-0.15, -0.1) is 34.9 Å². The number of nitrogen functional groups attached to an aromatic ring is 1. The Bertz CT molecular complexity index is 1230. The minimum absolute atomic E-state index is 0.102. The lowest BCUT2D eigenvalue weighted by molar-refractivity contribution is -0.150. The Hall–Kier alpha value is -3.28. The summed E-state index contributed by atoms with van der Waals surface area (Å²) in [6.07, 6.45) is 1.27. The highest BCUT2D eigenvalue weighted by molar-refractivity contribution is 8.03. The summed E-state index contributed by atoms with van der Waals surface area (Å²) in [4.78, 5) is 53.7. The number of nitrogens with zero attached hydrogens (tertiary/aromatic N) is 5.